The van der Waals surface area contributed by atoms with Gasteiger partial charge in [-0.15, -0.1) is 11.8 Å². The van der Waals surface area contributed by atoms with E-state index in [0.29, 0.717) is 11.6 Å². The minimum atomic E-state index is -0.504. The van der Waals surface area contributed by atoms with E-state index in [9.17, 15) is 14.9 Å². The molecule has 0 atom stereocenters. The highest BCUT2D eigenvalue weighted by Gasteiger charge is 2.24. The highest BCUT2D eigenvalue weighted by molar-refractivity contribution is 8.03. The fourth-order valence-electron chi connectivity index (χ4n) is 1.90. The van der Waals surface area contributed by atoms with Gasteiger partial charge < -0.3 is 4.90 Å². The molecule has 0 spiro atoms. The van der Waals surface area contributed by atoms with Gasteiger partial charge in [-0.1, -0.05) is 30.3 Å². The maximum absolute atomic E-state index is 12.2. The molecule has 1 saturated heterocycles. The average molecular weight is 278 g/mol. The molecule has 1 aliphatic heterocycles. The molecule has 1 aliphatic rings. The normalized spacial score (nSPS) is 17.5. The van der Waals surface area contributed by atoms with Crippen molar-refractivity contribution in [3.8, 4) is 0 Å². The molecule has 1 amide bonds. The lowest BCUT2D eigenvalue weighted by atomic mass is 10.1. The fraction of sp³-hybridized carbons (Fsp3) is 0.308. The van der Waals surface area contributed by atoms with Gasteiger partial charge in [-0.25, -0.2) is 0 Å². The van der Waals surface area contributed by atoms with Gasteiger partial charge in [-0.05, 0) is 12.0 Å². The van der Waals surface area contributed by atoms with Crippen molar-refractivity contribution in [2.45, 2.75) is 12.8 Å². The molecule has 1 fully saturated rings. The molecule has 5 nitrogen and oxygen atoms in total. The number of hydrogen-bond acceptors (Lipinski definition) is 4. The summed E-state index contributed by atoms with van der Waals surface area (Å²) in [6.45, 7) is 0.554. The largest absolute Gasteiger partial charge is 0.301 e. The zero-order chi connectivity index (χ0) is 13.7. The summed E-state index contributed by atoms with van der Waals surface area (Å²) in [5.41, 5.74) is 0.920. The lowest BCUT2D eigenvalue weighted by molar-refractivity contribution is -0.403. The van der Waals surface area contributed by atoms with Crippen LogP contribution in [0.1, 0.15) is 12.0 Å². The molecule has 1 aromatic rings. The van der Waals surface area contributed by atoms with Crippen molar-refractivity contribution >= 4 is 17.7 Å². The Morgan fingerprint density at radius 3 is 2.84 bits per heavy atom. The third-order valence-corrected chi connectivity index (χ3v) is 3.87. The van der Waals surface area contributed by atoms with Crippen molar-refractivity contribution in [3.05, 3.63) is 57.2 Å². The Hall–Kier alpha value is -1.82. The van der Waals surface area contributed by atoms with E-state index >= 15 is 0 Å². The second kappa shape index (κ2) is 6.38. The summed E-state index contributed by atoms with van der Waals surface area (Å²) in [7, 11) is 0. The van der Waals surface area contributed by atoms with Crippen molar-refractivity contribution in [2.24, 2.45) is 0 Å². The zero-order valence-electron chi connectivity index (χ0n) is 10.3. The summed E-state index contributed by atoms with van der Waals surface area (Å²) in [4.78, 5) is 23.8. The highest BCUT2D eigenvalue weighted by atomic mass is 32.2. The van der Waals surface area contributed by atoms with Gasteiger partial charge in [0.2, 0.25) is 5.91 Å². The average Bonchev–Trinajstić information content (AvgIpc) is 2.39. The van der Waals surface area contributed by atoms with E-state index in [4.69, 9.17) is 0 Å². The van der Waals surface area contributed by atoms with Gasteiger partial charge in [0.05, 0.1) is 11.3 Å². The first-order valence-corrected chi connectivity index (χ1v) is 6.98. The van der Waals surface area contributed by atoms with Crippen LogP contribution in [0.4, 0.5) is 0 Å². The molecule has 0 aliphatic carbocycles. The molecular formula is C13H14N2O3S. The molecule has 2 rings (SSSR count). The van der Waals surface area contributed by atoms with E-state index in [-0.39, 0.29) is 12.3 Å². The first kappa shape index (κ1) is 13.6. The van der Waals surface area contributed by atoms with Crippen LogP contribution in [0.2, 0.25) is 0 Å². The van der Waals surface area contributed by atoms with E-state index in [1.165, 1.54) is 16.7 Å². The van der Waals surface area contributed by atoms with Crippen molar-refractivity contribution in [1.29, 1.82) is 0 Å². The van der Waals surface area contributed by atoms with Crippen LogP contribution in [-0.2, 0) is 11.2 Å². The third kappa shape index (κ3) is 3.82. The molecule has 1 aromatic carbocycles. The first-order valence-electron chi connectivity index (χ1n) is 5.99. The van der Waals surface area contributed by atoms with Gasteiger partial charge in [0.1, 0.15) is 5.03 Å². The molecule has 0 bridgehead atoms. The number of thioether (sulfide) groups is 1. The summed E-state index contributed by atoms with van der Waals surface area (Å²) in [6, 6.07) is 9.41. The third-order valence-electron chi connectivity index (χ3n) is 2.76. The Morgan fingerprint density at radius 2 is 2.16 bits per heavy atom. The van der Waals surface area contributed by atoms with Crippen LogP contribution < -0.4 is 0 Å². The van der Waals surface area contributed by atoms with Crippen LogP contribution in [0.3, 0.4) is 0 Å². The van der Waals surface area contributed by atoms with Gasteiger partial charge in [0.15, 0.2) is 0 Å². The number of benzene rings is 1. The number of rotatable bonds is 3. The van der Waals surface area contributed by atoms with E-state index in [0.717, 1.165) is 23.9 Å². The number of carbonyl (C=O) groups excluding carboxylic acids is 1. The molecule has 1 heterocycles. The predicted octanol–water partition coefficient (Wildman–Crippen LogP) is 2.27. The Balaban J connectivity index is 2.10. The van der Waals surface area contributed by atoms with Crippen molar-refractivity contribution in [3.63, 3.8) is 0 Å². The van der Waals surface area contributed by atoms with Crippen LogP contribution in [-0.4, -0.2) is 28.0 Å². The number of nitrogens with zero attached hydrogens (tertiary/aromatic N) is 2. The molecular weight excluding hydrogens is 264 g/mol. The minimum Gasteiger partial charge on any atom is -0.301 e. The molecule has 0 radical (unpaired) electrons. The Labute approximate surface area is 115 Å². The van der Waals surface area contributed by atoms with Gasteiger partial charge in [0, 0.05) is 12.3 Å². The number of hydrogen-bond donors (Lipinski definition) is 0. The van der Waals surface area contributed by atoms with Crippen molar-refractivity contribution < 1.29 is 9.72 Å². The molecule has 0 unspecified atom stereocenters. The summed E-state index contributed by atoms with van der Waals surface area (Å²) >= 11 is 1.36. The SMILES string of the molecule is O=C(Cc1ccccc1)N1CCCSC1=C[N+](=O)[O-]. The standard InChI is InChI=1S/C13H14N2O3S/c16-12(9-11-5-2-1-3-6-11)14-7-4-8-19-13(14)10-15(17)18/h1-3,5-6,10H,4,7-9H2. The number of amides is 1. The van der Waals surface area contributed by atoms with E-state index in [2.05, 4.69) is 0 Å². The summed E-state index contributed by atoms with van der Waals surface area (Å²) < 4.78 is 0. The van der Waals surface area contributed by atoms with Crippen LogP contribution in [0, 0.1) is 10.1 Å². The van der Waals surface area contributed by atoms with Crippen LogP contribution in [0.15, 0.2) is 41.6 Å². The Kier molecular flexibility index (Phi) is 4.57. The van der Waals surface area contributed by atoms with Crippen molar-refractivity contribution in [2.75, 3.05) is 12.3 Å². The first-order chi connectivity index (χ1) is 9.16. The van der Waals surface area contributed by atoms with Gasteiger partial charge in [-0.2, -0.15) is 0 Å². The second-order valence-electron chi connectivity index (χ2n) is 4.16. The minimum absolute atomic E-state index is 0.0912. The van der Waals surface area contributed by atoms with Gasteiger partial charge in [-0.3, -0.25) is 14.9 Å². The summed E-state index contributed by atoms with van der Waals surface area (Å²) in [6.07, 6.45) is 2.06. The molecule has 0 N–H and O–H groups in total. The lowest BCUT2D eigenvalue weighted by Gasteiger charge is -2.27. The van der Waals surface area contributed by atoms with Crippen LogP contribution >= 0.6 is 11.8 Å². The van der Waals surface area contributed by atoms with E-state index in [1.807, 2.05) is 30.3 Å². The zero-order valence-corrected chi connectivity index (χ0v) is 11.1. The lowest BCUT2D eigenvalue weighted by Crippen LogP contribution is -2.34. The molecule has 0 aromatic heterocycles. The fourth-order valence-corrected chi connectivity index (χ4v) is 2.89. The van der Waals surface area contributed by atoms with Gasteiger partial charge in [0.25, 0.3) is 6.20 Å². The van der Waals surface area contributed by atoms with Crippen LogP contribution in [0.25, 0.3) is 0 Å². The predicted molar refractivity (Wildman–Crippen MR) is 74.0 cm³/mol. The monoisotopic (exact) mass is 278 g/mol. The Morgan fingerprint density at radius 1 is 1.42 bits per heavy atom. The molecule has 6 heteroatoms. The van der Waals surface area contributed by atoms with E-state index in [1.54, 1.807) is 0 Å². The number of carbonyl (C=O) groups is 1. The summed E-state index contributed by atoms with van der Waals surface area (Å²) in [5, 5.41) is 11.0. The van der Waals surface area contributed by atoms with Gasteiger partial charge >= 0.3 is 0 Å². The quantitative estimate of drug-likeness (QED) is 0.628. The van der Waals surface area contributed by atoms with E-state index < -0.39 is 4.92 Å². The smallest absolute Gasteiger partial charge is 0.264 e. The van der Waals surface area contributed by atoms with Crippen molar-refractivity contribution in [1.82, 2.24) is 4.90 Å². The maximum atomic E-state index is 12.2. The second-order valence-corrected chi connectivity index (χ2v) is 5.28. The topological polar surface area (TPSA) is 63.5 Å². The molecule has 0 saturated carbocycles. The molecule has 100 valence electrons. The molecule has 19 heavy (non-hydrogen) atoms. The Bertz CT molecular complexity index is 502. The maximum Gasteiger partial charge on any atom is 0.264 e. The summed E-state index contributed by atoms with van der Waals surface area (Å²) in [5.74, 6) is 0.723. The highest BCUT2D eigenvalue weighted by Crippen LogP contribution is 2.27. The number of nitro groups is 1. The van der Waals surface area contributed by atoms with Crippen LogP contribution in [0.5, 0.6) is 0 Å².